The molecule has 2 heterocycles. The highest BCUT2D eigenvalue weighted by Crippen LogP contribution is 2.22. The zero-order valence-corrected chi connectivity index (χ0v) is 11.1. The van der Waals surface area contributed by atoms with Gasteiger partial charge in [-0.2, -0.15) is 5.10 Å². The molecular formula is C15H19N3O. The third-order valence-corrected chi connectivity index (χ3v) is 3.50. The van der Waals surface area contributed by atoms with Crippen LogP contribution in [-0.4, -0.2) is 28.5 Å². The van der Waals surface area contributed by atoms with Crippen molar-refractivity contribution in [1.82, 2.24) is 9.78 Å². The lowest BCUT2D eigenvalue weighted by Gasteiger charge is -2.15. The van der Waals surface area contributed by atoms with E-state index in [9.17, 15) is 0 Å². The zero-order valence-electron chi connectivity index (χ0n) is 11.1. The zero-order chi connectivity index (χ0) is 13.1. The minimum absolute atomic E-state index is 0.320. The summed E-state index contributed by atoms with van der Waals surface area (Å²) in [7, 11) is 0. The lowest BCUT2D eigenvalue weighted by Crippen LogP contribution is -2.20. The number of aromatic nitrogens is 2. The summed E-state index contributed by atoms with van der Waals surface area (Å²) < 4.78 is 7.70. The van der Waals surface area contributed by atoms with Gasteiger partial charge in [-0.15, -0.1) is 0 Å². The predicted molar refractivity (Wildman–Crippen MR) is 75.6 cm³/mol. The van der Waals surface area contributed by atoms with Gasteiger partial charge in [-0.25, -0.2) is 4.68 Å². The average Bonchev–Trinajstić information content (AvgIpc) is 3.08. The number of nitrogens with zero attached hydrogens (tertiary/aromatic N) is 2. The maximum absolute atomic E-state index is 5.83. The molecule has 0 aliphatic carbocycles. The molecule has 2 unspecified atom stereocenters. The van der Waals surface area contributed by atoms with Crippen molar-refractivity contribution < 1.29 is 4.74 Å². The van der Waals surface area contributed by atoms with E-state index < -0.39 is 0 Å². The van der Waals surface area contributed by atoms with Crippen LogP contribution in [0.5, 0.6) is 0 Å². The quantitative estimate of drug-likeness (QED) is 0.915. The first kappa shape index (κ1) is 12.2. The van der Waals surface area contributed by atoms with Crippen LogP contribution < -0.4 is 5.32 Å². The van der Waals surface area contributed by atoms with Crippen LogP contribution in [-0.2, 0) is 4.74 Å². The molecule has 1 N–H and O–H groups in total. The molecule has 100 valence electrons. The number of hydrogen-bond acceptors (Lipinski definition) is 3. The number of anilines is 1. The number of hydrogen-bond donors (Lipinski definition) is 1. The van der Waals surface area contributed by atoms with Crippen molar-refractivity contribution in [3.8, 4) is 5.69 Å². The molecule has 1 saturated heterocycles. The Balaban J connectivity index is 1.71. The number of benzene rings is 1. The lowest BCUT2D eigenvalue weighted by atomic mass is 10.2. The Hall–Kier alpha value is -1.81. The third-order valence-electron chi connectivity index (χ3n) is 3.50. The Kier molecular flexibility index (Phi) is 3.51. The van der Waals surface area contributed by atoms with E-state index in [-0.39, 0.29) is 0 Å². The molecule has 3 rings (SSSR count). The molecular weight excluding hydrogens is 238 g/mol. The monoisotopic (exact) mass is 257 g/mol. The van der Waals surface area contributed by atoms with Crippen LogP contribution in [0.3, 0.4) is 0 Å². The van der Waals surface area contributed by atoms with Crippen LogP contribution in [0.25, 0.3) is 5.69 Å². The molecule has 0 spiro atoms. The van der Waals surface area contributed by atoms with Crippen molar-refractivity contribution >= 4 is 5.69 Å². The van der Waals surface area contributed by atoms with E-state index in [2.05, 4.69) is 29.5 Å². The van der Waals surface area contributed by atoms with Crippen molar-refractivity contribution in [3.63, 3.8) is 0 Å². The van der Waals surface area contributed by atoms with Crippen molar-refractivity contribution in [2.75, 3.05) is 11.9 Å². The van der Waals surface area contributed by atoms with Crippen LogP contribution in [0.1, 0.15) is 19.8 Å². The summed E-state index contributed by atoms with van der Waals surface area (Å²) in [6.45, 7) is 2.99. The van der Waals surface area contributed by atoms with Crippen LogP contribution in [0.4, 0.5) is 5.69 Å². The predicted octanol–water partition coefficient (Wildman–Crippen LogP) is 2.85. The summed E-state index contributed by atoms with van der Waals surface area (Å²) in [4.78, 5) is 0. The van der Waals surface area contributed by atoms with Gasteiger partial charge in [0.15, 0.2) is 0 Å². The molecule has 0 radical (unpaired) electrons. The highest BCUT2D eigenvalue weighted by Gasteiger charge is 2.21. The van der Waals surface area contributed by atoms with Gasteiger partial charge in [0.05, 0.1) is 23.6 Å². The highest BCUT2D eigenvalue weighted by atomic mass is 16.5. The average molecular weight is 257 g/mol. The number of rotatable bonds is 4. The molecule has 1 aliphatic rings. The van der Waals surface area contributed by atoms with E-state index in [1.807, 2.05) is 29.1 Å². The van der Waals surface area contributed by atoms with Crippen molar-refractivity contribution in [2.24, 2.45) is 0 Å². The number of nitrogens with one attached hydrogen (secondary N) is 1. The fourth-order valence-electron chi connectivity index (χ4n) is 2.49. The van der Waals surface area contributed by atoms with Gasteiger partial charge < -0.3 is 10.1 Å². The standard InChI is InChI=1S/C15H19N3O/c1-12-7-8-13(19-12)11-16-14-5-2-3-6-15(14)18-10-4-9-17-18/h2-6,9-10,12-13,16H,7-8,11H2,1H3. The molecule has 0 saturated carbocycles. The fourth-order valence-corrected chi connectivity index (χ4v) is 2.49. The maximum Gasteiger partial charge on any atom is 0.0876 e. The number of para-hydroxylation sites is 2. The van der Waals surface area contributed by atoms with Gasteiger partial charge in [-0.05, 0) is 38.0 Å². The maximum atomic E-state index is 5.83. The first-order valence-corrected chi connectivity index (χ1v) is 6.81. The van der Waals surface area contributed by atoms with E-state index in [1.165, 1.54) is 0 Å². The second-order valence-corrected chi connectivity index (χ2v) is 4.99. The van der Waals surface area contributed by atoms with Gasteiger partial charge in [0, 0.05) is 18.9 Å². The Morgan fingerprint density at radius 2 is 2.21 bits per heavy atom. The van der Waals surface area contributed by atoms with Crippen molar-refractivity contribution in [2.45, 2.75) is 32.0 Å². The molecule has 4 nitrogen and oxygen atoms in total. The summed E-state index contributed by atoms with van der Waals surface area (Å²) in [5.74, 6) is 0. The Morgan fingerprint density at radius 3 is 2.95 bits per heavy atom. The summed E-state index contributed by atoms with van der Waals surface area (Å²) in [5.41, 5.74) is 2.16. The van der Waals surface area contributed by atoms with Crippen LogP contribution in [0.2, 0.25) is 0 Å². The molecule has 2 atom stereocenters. The van der Waals surface area contributed by atoms with Gasteiger partial charge in [-0.3, -0.25) is 0 Å². The highest BCUT2D eigenvalue weighted by molar-refractivity contribution is 5.60. The van der Waals surface area contributed by atoms with E-state index >= 15 is 0 Å². The van der Waals surface area contributed by atoms with Crippen LogP contribution >= 0.6 is 0 Å². The Morgan fingerprint density at radius 1 is 1.32 bits per heavy atom. The molecule has 1 aliphatic heterocycles. The Bertz CT molecular complexity index is 524. The molecule has 1 aromatic heterocycles. The first-order chi connectivity index (χ1) is 9.33. The summed E-state index contributed by atoms with van der Waals surface area (Å²) in [5, 5.41) is 7.76. The van der Waals surface area contributed by atoms with E-state index in [0.717, 1.165) is 30.8 Å². The first-order valence-electron chi connectivity index (χ1n) is 6.81. The van der Waals surface area contributed by atoms with Gasteiger partial charge in [-0.1, -0.05) is 12.1 Å². The van der Waals surface area contributed by atoms with Gasteiger partial charge >= 0.3 is 0 Å². The molecule has 4 heteroatoms. The van der Waals surface area contributed by atoms with Crippen LogP contribution in [0.15, 0.2) is 42.7 Å². The smallest absolute Gasteiger partial charge is 0.0876 e. The second-order valence-electron chi connectivity index (χ2n) is 4.99. The second kappa shape index (κ2) is 5.45. The summed E-state index contributed by atoms with van der Waals surface area (Å²) in [6.07, 6.45) is 6.76. The topological polar surface area (TPSA) is 39.1 Å². The molecule has 0 amide bonds. The Labute approximate surface area is 113 Å². The third kappa shape index (κ3) is 2.79. The minimum Gasteiger partial charge on any atom is -0.381 e. The summed E-state index contributed by atoms with van der Waals surface area (Å²) >= 11 is 0. The fraction of sp³-hybridized carbons (Fsp3) is 0.400. The molecule has 0 bridgehead atoms. The SMILES string of the molecule is CC1CCC(CNc2ccccc2-n2cccn2)O1. The van der Waals surface area contributed by atoms with Crippen LogP contribution in [0, 0.1) is 0 Å². The van der Waals surface area contributed by atoms with Gasteiger partial charge in [0.2, 0.25) is 0 Å². The van der Waals surface area contributed by atoms with E-state index in [4.69, 9.17) is 4.74 Å². The van der Waals surface area contributed by atoms with E-state index in [1.54, 1.807) is 6.20 Å². The van der Waals surface area contributed by atoms with Crippen molar-refractivity contribution in [3.05, 3.63) is 42.7 Å². The van der Waals surface area contributed by atoms with Gasteiger partial charge in [0.25, 0.3) is 0 Å². The normalized spacial score (nSPS) is 22.6. The van der Waals surface area contributed by atoms with E-state index in [0.29, 0.717) is 12.2 Å². The molecule has 1 fully saturated rings. The van der Waals surface area contributed by atoms with Gasteiger partial charge in [0.1, 0.15) is 0 Å². The minimum atomic E-state index is 0.320. The summed E-state index contributed by atoms with van der Waals surface area (Å²) in [6, 6.07) is 10.1. The molecule has 2 aromatic rings. The molecule has 1 aromatic carbocycles. The largest absolute Gasteiger partial charge is 0.381 e. The molecule has 19 heavy (non-hydrogen) atoms. The number of ether oxygens (including phenoxy) is 1. The lowest BCUT2D eigenvalue weighted by molar-refractivity contribution is 0.0637. The van der Waals surface area contributed by atoms with Crippen molar-refractivity contribution in [1.29, 1.82) is 0 Å².